The molecule has 156 valence electrons. The smallest absolute Gasteiger partial charge is 0.229 e. The lowest BCUT2D eigenvalue weighted by Crippen LogP contribution is -2.45. The van der Waals surface area contributed by atoms with Gasteiger partial charge in [0, 0.05) is 44.1 Å². The standard InChI is InChI=1S/C21H23F2N7/c1-14-11-15(3-4-17(14)22)26-19-5-6-24-21(28-19)27-16-12-18(23)20(25-13-16)30-9-7-29(2)8-10-30/h3-6,11-13H,7-10H2,1-2H3,(H2,24,26,27,28). The van der Waals surface area contributed by atoms with Crippen LogP contribution < -0.4 is 15.5 Å². The summed E-state index contributed by atoms with van der Waals surface area (Å²) in [7, 11) is 2.05. The van der Waals surface area contributed by atoms with E-state index in [1.54, 1.807) is 37.5 Å². The van der Waals surface area contributed by atoms with E-state index in [-0.39, 0.29) is 11.6 Å². The molecule has 1 fully saturated rings. The minimum Gasteiger partial charge on any atom is -0.352 e. The quantitative estimate of drug-likeness (QED) is 0.664. The van der Waals surface area contributed by atoms with Crippen molar-refractivity contribution < 1.29 is 8.78 Å². The third-order valence-corrected chi connectivity index (χ3v) is 4.97. The maximum absolute atomic E-state index is 14.6. The normalized spacial score (nSPS) is 14.6. The van der Waals surface area contributed by atoms with E-state index < -0.39 is 0 Å². The molecule has 3 heterocycles. The van der Waals surface area contributed by atoms with Gasteiger partial charge in [-0.15, -0.1) is 0 Å². The third kappa shape index (κ3) is 4.62. The Hall–Kier alpha value is -3.33. The molecule has 1 aromatic carbocycles. The molecule has 2 aromatic heterocycles. The Morgan fingerprint density at radius 2 is 1.70 bits per heavy atom. The highest BCUT2D eigenvalue weighted by molar-refractivity contribution is 5.60. The lowest BCUT2D eigenvalue weighted by Gasteiger charge is -2.33. The van der Waals surface area contributed by atoms with Crippen LogP contribution in [0.3, 0.4) is 0 Å². The van der Waals surface area contributed by atoms with Crippen molar-refractivity contribution in [3.8, 4) is 0 Å². The minimum absolute atomic E-state index is 0.264. The maximum Gasteiger partial charge on any atom is 0.229 e. The van der Waals surface area contributed by atoms with Crippen LogP contribution in [0.1, 0.15) is 5.56 Å². The highest BCUT2D eigenvalue weighted by Gasteiger charge is 2.19. The summed E-state index contributed by atoms with van der Waals surface area (Å²) in [6.45, 7) is 4.94. The lowest BCUT2D eigenvalue weighted by molar-refractivity contribution is 0.311. The number of benzene rings is 1. The molecule has 30 heavy (non-hydrogen) atoms. The lowest BCUT2D eigenvalue weighted by atomic mass is 10.2. The van der Waals surface area contributed by atoms with Crippen LogP contribution in [0.2, 0.25) is 0 Å². The van der Waals surface area contributed by atoms with Gasteiger partial charge < -0.3 is 20.4 Å². The largest absolute Gasteiger partial charge is 0.352 e. The second kappa shape index (κ2) is 8.58. The monoisotopic (exact) mass is 411 g/mol. The van der Waals surface area contributed by atoms with Crippen LogP contribution in [-0.4, -0.2) is 53.1 Å². The molecule has 1 saturated heterocycles. The molecule has 7 nitrogen and oxygen atoms in total. The number of nitrogens with one attached hydrogen (secondary N) is 2. The van der Waals surface area contributed by atoms with E-state index in [0.29, 0.717) is 34.5 Å². The number of halogens is 2. The second-order valence-corrected chi connectivity index (χ2v) is 7.30. The topological polar surface area (TPSA) is 69.2 Å². The first-order valence-electron chi connectivity index (χ1n) is 9.70. The zero-order valence-corrected chi connectivity index (χ0v) is 16.9. The Morgan fingerprint density at radius 1 is 0.900 bits per heavy atom. The summed E-state index contributed by atoms with van der Waals surface area (Å²) in [5.74, 6) is 0.533. The van der Waals surface area contributed by atoms with Crippen LogP contribution in [0.15, 0.2) is 42.7 Å². The van der Waals surface area contributed by atoms with Crippen molar-refractivity contribution in [2.24, 2.45) is 0 Å². The molecule has 1 aliphatic rings. The van der Waals surface area contributed by atoms with Crippen LogP contribution >= 0.6 is 0 Å². The van der Waals surface area contributed by atoms with Crippen molar-refractivity contribution in [1.82, 2.24) is 19.9 Å². The molecule has 0 amide bonds. The fourth-order valence-corrected chi connectivity index (χ4v) is 3.24. The van der Waals surface area contributed by atoms with Crippen molar-refractivity contribution in [3.63, 3.8) is 0 Å². The van der Waals surface area contributed by atoms with E-state index in [0.717, 1.165) is 26.2 Å². The number of pyridine rings is 1. The molecule has 3 aromatic rings. The maximum atomic E-state index is 14.6. The summed E-state index contributed by atoms with van der Waals surface area (Å²) in [4.78, 5) is 17.0. The third-order valence-electron chi connectivity index (χ3n) is 4.97. The zero-order chi connectivity index (χ0) is 21.1. The second-order valence-electron chi connectivity index (χ2n) is 7.30. The highest BCUT2D eigenvalue weighted by atomic mass is 19.1. The predicted octanol–water partition coefficient (Wildman–Crippen LogP) is 3.70. The van der Waals surface area contributed by atoms with Gasteiger partial charge in [0.1, 0.15) is 11.6 Å². The molecule has 0 spiro atoms. The number of likely N-dealkylation sites (N-methyl/N-ethyl adjacent to an activating group) is 1. The van der Waals surface area contributed by atoms with Crippen molar-refractivity contribution in [3.05, 3.63) is 59.9 Å². The number of anilines is 5. The van der Waals surface area contributed by atoms with Gasteiger partial charge in [0.2, 0.25) is 5.95 Å². The van der Waals surface area contributed by atoms with Crippen molar-refractivity contribution >= 4 is 29.0 Å². The Balaban J connectivity index is 1.46. The Labute approximate surface area is 173 Å². The first-order valence-corrected chi connectivity index (χ1v) is 9.70. The van der Waals surface area contributed by atoms with E-state index in [2.05, 4.69) is 30.5 Å². The van der Waals surface area contributed by atoms with Crippen LogP contribution in [0.4, 0.5) is 37.7 Å². The van der Waals surface area contributed by atoms with Crippen molar-refractivity contribution in [1.29, 1.82) is 0 Å². The van der Waals surface area contributed by atoms with Gasteiger partial charge in [-0.3, -0.25) is 0 Å². The van der Waals surface area contributed by atoms with E-state index in [1.807, 2.05) is 11.9 Å². The Kier molecular flexibility index (Phi) is 5.71. The van der Waals surface area contributed by atoms with Crippen molar-refractivity contribution in [2.45, 2.75) is 6.92 Å². The number of piperazine rings is 1. The summed E-state index contributed by atoms with van der Waals surface area (Å²) in [5.41, 5.74) is 1.71. The highest BCUT2D eigenvalue weighted by Crippen LogP contribution is 2.23. The van der Waals surface area contributed by atoms with E-state index in [1.165, 1.54) is 12.1 Å². The fraction of sp³-hybridized carbons (Fsp3) is 0.286. The number of nitrogens with zero attached hydrogens (tertiary/aromatic N) is 5. The van der Waals surface area contributed by atoms with Gasteiger partial charge in [-0.05, 0) is 43.8 Å². The van der Waals surface area contributed by atoms with Gasteiger partial charge in [0.05, 0.1) is 11.9 Å². The summed E-state index contributed by atoms with van der Waals surface area (Å²) in [6.07, 6.45) is 3.15. The predicted molar refractivity (Wildman–Crippen MR) is 114 cm³/mol. The molecule has 0 radical (unpaired) electrons. The molecule has 0 unspecified atom stereocenters. The number of rotatable bonds is 5. The molecular formula is C21H23F2N7. The Bertz CT molecular complexity index is 1040. The SMILES string of the molecule is Cc1cc(Nc2ccnc(Nc3cnc(N4CCN(C)CC4)c(F)c3)n2)ccc1F. The molecule has 0 bridgehead atoms. The number of aryl methyl sites for hydroxylation is 1. The fourth-order valence-electron chi connectivity index (χ4n) is 3.24. The van der Waals surface area contributed by atoms with Gasteiger partial charge in [-0.1, -0.05) is 0 Å². The first-order chi connectivity index (χ1) is 14.5. The van der Waals surface area contributed by atoms with Crippen LogP contribution in [0.25, 0.3) is 0 Å². The Morgan fingerprint density at radius 3 is 2.43 bits per heavy atom. The van der Waals surface area contributed by atoms with Gasteiger partial charge in [-0.25, -0.2) is 18.7 Å². The molecule has 1 aliphatic heterocycles. The van der Waals surface area contributed by atoms with E-state index >= 15 is 0 Å². The van der Waals surface area contributed by atoms with E-state index in [9.17, 15) is 8.78 Å². The summed E-state index contributed by atoms with van der Waals surface area (Å²) in [6, 6.07) is 7.82. The molecular weight excluding hydrogens is 388 g/mol. The number of hydrogen-bond acceptors (Lipinski definition) is 7. The average molecular weight is 411 g/mol. The van der Waals surface area contributed by atoms with Crippen LogP contribution in [-0.2, 0) is 0 Å². The van der Waals surface area contributed by atoms with Gasteiger partial charge in [-0.2, -0.15) is 4.98 Å². The van der Waals surface area contributed by atoms with E-state index in [4.69, 9.17) is 0 Å². The first kappa shape index (κ1) is 20.0. The summed E-state index contributed by atoms with van der Waals surface area (Å²) >= 11 is 0. The number of aromatic nitrogens is 3. The molecule has 0 atom stereocenters. The minimum atomic E-state index is -0.388. The van der Waals surface area contributed by atoms with Gasteiger partial charge in [0.25, 0.3) is 0 Å². The van der Waals surface area contributed by atoms with Crippen LogP contribution in [0.5, 0.6) is 0 Å². The molecule has 9 heteroatoms. The van der Waals surface area contributed by atoms with Crippen molar-refractivity contribution in [2.75, 3.05) is 48.8 Å². The van der Waals surface area contributed by atoms with Crippen LogP contribution in [0, 0.1) is 18.6 Å². The molecule has 0 aliphatic carbocycles. The molecule has 0 saturated carbocycles. The van der Waals surface area contributed by atoms with Gasteiger partial charge in [0.15, 0.2) is 11.6 Å². The van der Waals surface area contributed by atoms with Gasteiger partial charge >= 0.3 is 0 Å². The number of hydrogen-bond donors (Lipinski definition) is 2. The average Bonchev–Trinajstić information content (AvgIpc) is 2.72. The zero-order valence-electron chi connectivity index (χ0n) is 16.9. The molecule has 2 N–H and O–H groups in total. The molecule has 4 rings (SSSR count). The summed E-state index contributed by atoms with van der Waals surface area (Å²) in [5, 5.41) is 6.08. The summed E-state index contributed by atoms with van der Waals surface area (Å²) < 4.78 is 28.1.